The minimum absolute atomic E-state index is 0.462. The van der Waals surface area contributed by atoms with Gasteiger partial charge in [0.15, 0.2) is 0 Å². The first-order valence-electron chi connectivity index (χ1n) is 6.44. The molecular formula is C15H18ClNO2. The van der Waals surface area contributed by atoms with Crippen LogP contribution in [0, 0.1) is 0 Å². The van der Waals surface area contributed by atoms with E-state index in [0.29, 0.717) is 17.4 Å². The summed E-state index contributed by atoms with van der Waals surface area (Å²) in [6.45, 7) is 4.30. The van der Waals surface area contributed by atoms with E-state index in [1.54, 1.807) is 6.26 Å². The second-order valence-corrected chi connectivity index (χ2v) is 4.67. The van der Waals surface area contributed by atoms with Gasteiger partial charge in [-0.05, 0) is 31.2 Å². The maximum atomic E-state index is 6.05. The third-order valence-electron chi connectivity index (χ3n) is 2.77. The smallest absolute Gasteiger partial charge is 0.138 e. The Hall–Kier alpha value is -1.45. The molecule has 4 heteroatoms. The Kier molecular flexibility index (Phi) is 5.31. The van der Waals surface area contributed by atoms with Gasteiger partial charge >= 0.3 is 0 Å². The van der Waals surface area contributed by atoms with E-state index in [1.807, 2.05) is 30.3 Å². The van der Waals surface area contributed by atoms with Crippen LogP contribution in [0.1, 0.15) is 24.7 Å². The molecule has 0 atom stereocenters. The van der Waals surface area contributed by atoms with Gasteiger partial charge in [-0.25, -0.2) is 0 Å². The molecule has 3 nitrogen and oxygen atoms in total. The van der Waals surface area contributed by atoms with Gasteiger partial charge < -0.3 is 14.5 Å². The summed E-state index contributed by atoms with van der Waals surface area (Å²) in [7, 11) is 0. The number of furan rings is 1. The molecule has 102 valence electrons. The highest BCUT2D eigenvalue weighted by atomic mass is 35.5. The zero-order valence-corrected chi connectivity index (χ0v) is 11.7. The van der Waals surface area contributed by atoms with Crippen LogP contribution in [-0.4, -0.2) is 6.54 Å². The number of ether oxygens (including phenoxy) is 1. The summed E-state index contributed by atoms with van der Waals surface area (Å²) in [5.74, 6) is 1.61. The molecule has 0 amide bonds. The van der Waals surface area contributed by atoms with Crippen LogP contribution in [0.25, 0.3) is 0 Å². The highest BCUT2D eigenvalue weighted by molar-refractivity contribution is 6.32. The Morgan fingerprint density at radius 3 is 2.89 bits per heavy atom. The van der Waals surface area contributed by atoms with Crippen LogP contribution in [0.2, 0.25) is 5.02 Å². The van der Waals surface area contributed by atoms with E-state index < -0.39 is 0 Å². The van der Waals surface area contributed by atoms with Crippen molar-refractivity contribution in [1.29, 1.82) is 0 Å². The molecule has 1 heterocycles. The second kappa shape index (κ2) is 7.22. The molecule has 0 aliphatic carbocycles. The summed E-state index contributed by atoms with van der Waals surface area (Å²) in [5, 5.41) is 3.93. The molecule has 0 unspecified atom stereocenters. The normalized spacial score (nSPS) is 10.6. The molecular weight excluding hydrogens is 262 g/mol. The zero-order chi connectivity index (χ0) is 13.5. The van der Waals surface area contributed by atoms with E-state index >= 15 is 0 Å². The molecule has 0 bridgehead atoms. The van der Waals surface area contributed by atoms with Crippen molar-refractivity contribution < 1.29 is 9.15 Å². The molecule has 0 aliphatic rings. The monoisotopic (exact) mass is 279 g/mol. The van der Waals surface area contributed by atoms with Gasteiger partial charge in [0.05, 0.1) is 17.8 Å². The maximum Gasteiger partial charge on any atom is 0.138 e. The Morgan fingerprint density at radius 1 is 1.26 bits per heavy atom. The minimum atomic E-state index is 0.462. The molecule has 0 aliphatic heterocycles. The Labute approximate surface area is 118 Å². The van der Waals surface area contributed by atoms with E-state index in [4.69, 9.17) is 20.8 Å². The average molecular weight is 280 g/mol. The van der Waals surface area contributed by atoms with E-state index in [9.17, 15) is 0 Å². The van der Waals surface area contributed by atoms with Gasteiger partial charge in [0.2, 0.25) is 0 Å². The molecule has 1 aromatic carbocycles. The maximum absolute atomic E-state index is 6.05. The van der Waals surface area contributed by atoms with Gasteiger partial charge in [-0.3, -0.25) is 0 Å². The molecule has 2 aromatic rings. The Morgan fingerprint density at radius 2 is 2.11 bits per heavy atom. The predicted octanol–water partition coefficient (Wildman–Crippen LogP) is 4.01. The van der Waals surface area contributed by atoms with E-state index in [0.717, 1.165) is 30.8 Å². The number of hydrogen-bond acceptors (Lipinski definition) is 3. The zero-order valence-electron chi connectivity index (χ0n) is 11.0. The number of halogens is 1. The van der Waals surface area contributed by atoms with Crippen molar-refractivity contribution in [1.82, 2.24) is 5.32 Å². The number of hydrogen-bond donors (Lipinski definition) is 1. The summed E-state index contributed by atoms with van der Waals surface area (Å²) in [5.41, 5.74) is 1.04. The SMILES string of the molecule is CCCNCc1occc1COc1ccccc1Cl. The molecule has 2 rings (SSSR count). The topological polar surface area (TPSA) is 34.4 Å². The first-order valence-corrected chi connectivity index (χ1v) is 6.82. The average Bonchev–Trinajstić information content (AvgIpc) is 2.86. The van der Waals surface area contributed by atoms with Gasteiger partial charge in [-0.1, -0.05) is 30.7 Å². The molecule has 0 fully saturated rings. The van der Waals surface area contributed by atoms with E-state index in [2.05, 4.69) is 12.2 Å². The van der Waals surface area contributed by atoms with Crippen LogP contribution >= 0.6 is 11.6 Å². The summed E-state index contributed by atoms with van der Waals surface area (Å²) >= 11 is 6.05. The highest BCUT2D eigenvalue weighted by Gasteiger charge is 2.07. The molecule has 1 aromatic heterocycles. The molecule has 0 spiro atoms. The van der Waals surface area contributed by atoms with Gasteiger partial charge in [-0.15, -0.1) is 0 Å². The fourth-order valence-corrected chi connectivity index (χ4v) is 1.94. The first-order chi connectivity index (χ1) is 9.31. The second-order valence-electron chi connectivity index (χ2n) is 4.26. The fraction of sp³-hybridized carbons (Fsp3) is 0.333. The summed E-state index contributed by atoms with van der Waals surface area (Å²) in [6, 6.07) is 9.39. The quantitative estimate of drug-likeness (QED) is 0.778. The van der Waals surface area contributed by atoms with Crippen LogP contribution in [-0.2, 0) is 13.2 Å². The third-order valence-corrected chi connectivity index (χ3v) is 3.08. The van der Waals surface area contributed by atoms with E-state index in [-0.39, 0.29) is 0 Å². The number of rotatable bonds is 7. The Balaban J connectivity index is 1.93. The van der Waals surface area contributed by atoms with Crippen molar-refractivity contribution >= 4 is 11.6 Å². The summed E-state index contributed by atoms with van der Waals surface area (Å²) < 4.78 is 11.2. The van der Waals surface area contributed by atoms with Crippen molar-refractivity contribution in [3.8, 4) is 5.75 Å². The van der Waals surface area contributed by atoms with Crippen molar-refractivity contribution in [2.45, 2.75) is 26.5 Å². The first kappa shape index (κ1) is 14.0. The minimum Gasteiger partial charge on any atom is -0.487 e. The van der Waals surface area contributed by atoms with Gasteiger partial charge in [0.1, 0.15) is 18.1 Å². The van der Waals surface area contributed by atoms with Crippen LogP contribution in [0.3, 0.4) is 0 Å². The summed E-state index contributed by atoms with van der Waals surface area (Å²) in [6.07, 6.45) is 2.79. The largest absolute Gasteiger partial charge is 0.487 e. The van der Waals surface area contributed by atoms with Gasteiger partial charge in [-0.2, -0.15) is 0 Å². The van der Waals surface area contributed by atoms with Gasteiger partial charge in [0.25, 0.3) is 0 Å². The lowest BCUT2D eigenvalue weighted by molar-refractivity contribution is 0.301. The lowest BCUT2D eigenvalue weighted by atomic mass is 10.2. The van der Waals surface area contributed by atoms with Crippen LogP contribution in [0.15, 0.2) is 41.0 Å². The summed E-state index contributed by atoms with van der Waals surface area (Å²) in [4.78, 5) is 0. The number of para-hydroxylation sites is 1. The van der Waals surface area contributed by atoms with Gasteiger partial charge in [0, 0.05) is 5.56 Å². The highest BCUT2D eigenvalue weighted by Crippen LogP contribution is 2.24. The van der Waals surface area contributed by atoms with Crippen LogP contribution in [0.4, 0.5) is 0 Å². The number of nitrogens with one attached hydrogen (secondary N) is 1. The van der Waals surface area contributed by atoms with Crippen molar-refractivity contribution in [2.75, 3.05) is 6.54 Å². The molecule has 1 N–H and O–H groups in total. The van der Waals surface area contributed by atoms with E-state index in [1.165, 1.54) is 0 Å². The molecule has 19 heavy (non-hydrogen) atoms. The standard InChI is InChI=1S/C15H18ClNO2/c1-2-8-17-10-15-12(7-9-18-15)11-19-14-6-4-3-5-13(14)16/h3-7,9,17H,2,8,10-11H2,1H3. The molecule has 0 saturated carbocycles. The van der Waals surface area contributed by atoms with Crippen LogP contribution < -0.4 is 10.1 Å². The molecule has 0 radical (unpaired) electrons. The third kappa shape index (κ3) is 4.01. The van der Waals surface area contributed by atoms with Crippen molar-refractivity contribution in [2.24, 2.45) is 0 Å². The fourth-order valence-electron chi connectivity index (χ4n) is 1.75. The number of benzene rings is 1. The van der Waals surface area contributed by atoms with Crippen LogP contribution in [0.5, 0.6) is 5.75 Å². The van der Waals surface area contributed by atoms with Crippen molar-refractivity contribution in [3.63, 3.8) is 0 Å². The van der Waals surface area contributed by atoms with Crippen molar-refractivity contribution in [3.05, 3.63) is 52.9 Å². The lowest BCUT2D eigenvalue weighted by Crippen LogP contribution is -2.14. The molecule has 0 saturated heterocycles. The predicted molar refractivity (Wildman–Crippen MR) is 76.5 cm³/mol. The lowest BCUT2D eigenvalue weighted by Gasteiger charge is -2.08. The Bertz CT molecular complexity index is 510.